The second-order valence-corrected chi connectivity index (χ2v) is 7.65. The summed E-state index contributed by atoms with van der Waals surface area (Å²) in [5.41, 5.74) is 3.59. The summed E-state index contributed by atoms with van der Waals surface area (Å²) in [6.07, 6.45) is 1.52. The van der Waals surface area contributed by atoms with Crippen LogP contribution in [0.25, 0.3) is 0 Å². The Balaban J connectivity index is 1.32. The lowest BCUT2D eigenvalue weighted by molar-refractivity contribution is 0.313. The van der Waals surface area contributed by atoms with E-state index in [4.69, 9.17) is 4.74 Å². The average Bonchev–Trinajstić information content (AvgIpc) is 2.83. The molecule has 8 nitrogen and oxygen atoms in total. The number of aromatic nitrogens is 3. The third-order valence-corrected chi connectivity index (χ3v) is 5.41. The van der Waals surface area contributed by atoms with Crippen molar-refractivity contribution in [2.24, 2.45) is 0 Å². The van der Waals surface area contributed by atoms with Crippen LogP contribution in [0.3, 0.4) is 0 Å². The molecule has 8 heteroatoms. The largest absolute Gasteiger partial charge is 0.497 e. The van der Waals surface area contributed by atoms with Crippen molar-refractivity contribution in [1.82, 2.24) is 19.9 Å². The fourth-order valence-electron chi connectivity index (χ4n) is 3.50. The summed E-state index contributed by atoms with van der Waals surface area (Å²) < 4.78 is 5.19. The van der Waals surface area contributed by atoms with Crippen molar-refractivity contribution in [1.29, 1.82) is 0 Å². The summed E-state index contributed by atoms with van der Waals surface area (Å²) in [7, 11) is 3.84. The number of anilines is 3. The Morgan fingerprint density at radius 3 is 2.23 bits per heavy atom. The van der Waals surface area contributed by atoms with E-state index in [1.165, 1.54) is 17.6 Å². The highest BCUT2D eigenvalue weighted by Gasteiger charge is 2.14. The van der Waals surface area contributed by atoms with Crippen molar-refractivity contribution in [2.45, 2.75) is 13.1 Å². The van der Waals surface area contributed by atoms with Gasteiger partial charge in [-0.3, -0.25) is 0 Å². The van der Waals surface area contributed by atoms with Crippen LogP contribution < -0.4 is 20.3 Å². The number of methoxy groups -OCH3 is 1. The van der Waals surface area contributed by atoms with E-state index in [2.05, 4.69) is 66.7 Å². The molecule has 1 aromatic heterocycles. The van der Waals surface area contributed by atoms with Gasteiger partial charge in [-0.2, -0.15) is 4.98 Å². The molecule has 1 aliphatic rings. The summed E-state index contributed by atoms with van der Waals surface area (Å²) >= 11 is 0. The SMILES string of the molecule is COc1ccc(CNc2ncnc(NCc3cccc(N4CCN(C)CC4)c3)n2)cc1. The Morgan fingerprint density at radius 2 is 1.55 bits per heavy atom. The number of nitrogens with one attached hydrogen (secondary N) is 2. The maximum absolute atomic E-state index is 5.19. The number of nitrogens with zero attached hydrogens (tertiary/aromatic N) is 5. The highest BCUT2D eigenvalue weighted by molar-refractivity contribution is 5.49. The number of benzene rings is 2. The molecule has 1 aliphatic heterocycles. The second kappa shape index (κ2) is 10.1. The van der Waals surface area contributed by atoms with Crippen molar-refractivity contribution in [3.8, 4) is 5.75 Å². The summed E-state index contributed by atoms with van der Waals surface area (Å²) in [6, 6.07) is 16.6. The van der Waals surface area contributed by atoms with Crippen LogP contribution in [0.1, 0.15) is 11.1 Å². The van der Waals surface area contributed by atoms with Gasteiger partial charge in [-0.15, -0.1) is 0 Å². The van der Waals surface area contributed by atoms with Gasteiger partial charge in [-0.05, 0) is 42.4 Å². The standard InChI is InChI=1S/C23H29N7O/c1-29-10-12-30(13-11-29)20-5-3-4-19(14-20)16-25-23-27-17-26-22(28-23)24-15-18-6-8-21(31-2)9-7-18/h3-9,14,17H,10-13,15-16H2,1-2H3,(H2,24,25,26,27,28). The first-order valence-corrected chi connectivity index (χ1v) is 10.5. The molecular weight excluding hydrogens is 390 g/mol. The molecular formula is C23H29N7O. The van der Waals surface area contributed by atoms with Gasteiger partial charge in [-0.25, -0.2) is 9.97 Å². The lowest BCUT2D eigenvalue weighted by Gasteiger charge is -2.34. The van der Waals surface area contributed by atoms with E-state index in [0.29, 0.717) is 25.0 Å². The van der Waals surface area contributed by atoms with Gasteiger partial charge < -0.3 is 25.2 Å². The molecule has 2 aromatic carbocycles. The molecule has 0 unspecified atom stereocenters. The van der Waals surface area contributed by atoms with Gasteiger partial charge in [0.25, 0.3) is 0 Å². The number of rotatable bonds is 8. The number of ether oxygens (including phenoxy) is 1. The fraction of sp³-hybridized carbons (Fsp3) is 0.348. The number of likely N-dealkylation sites (N-methyl/N-ethyl adjacent to an activating group) is 1. The highest BCUT2D eigenvalue weighted by atomic mass is 16.5. The van der Waals surface area contributed by atoms with Crippen LogP contribution in [0.4, 0.5) is 17.6 Å². The third kappa shape index (κ3) is 5.82. The van der Waals surface area contributed by atoms with Crippen LogP contribution in [-0.2, 0) is 13.1 Å². The van der Waals surface area contributed by atoms with Gasteiger partial charge >= 0.3 is 0 Å². The molecule has 2 heterocycles. The molecule has 4 rings (SSSR count). The molecule has 1 fully saturated rings. The van der Waals surface area contributed by atoms with Gasteiger partial charge in [0.2, 0.25) is 11.9 Å². The number of hydrogen-bond donors (Lipinski definition) is 2. The summed E-state index contributed by atoms with van der Waals surface area (Å²) in [4.78, 5) is 17.7. The predicted octanol–water partition coefficient (Wildman–Crippen LogP) is 2.86. The molecule has 0 spiro atoms. The minimum Gasteiger partial charge on any atom is -0.497 e. The molecule has 2 N–H and O–H groups in total. The number of piperazine rings is 1. The predicted molar refractivity (Wildman–Crippen MR) is 124 cm³/mol. The van der Waals surface area contributed by atoms with E-state index in [0.717, 1.165) is 37.5 Å². The zero-order valence-electron chi connectivity index (χ0n) is 18.1. The Labute approximate surface area is 183 Å². The van der Waals surface area contributed by atoms with E-state index in [1.807, 2.05) is 24.3 Å². The molecule has 0 radical (unpaired) electrons. The Kier molecular flexibility index (Phi) is 6.78. The molecule has 0 bridgehead atoms. The highest BCUT2D eigenvalue weighted by Crippen LogP contribution is 2.19. The zero-order chi connectivity index (χ0) is 21.5. The maximum Gasteiger partial charge on any atom is 0.227 e. The first-order chi connectivity index (χ1) is 15.2. The van der Waals surface area contributed by atoms with E-state index < -0.39 is 0 Å². The van der Waals surface area contributed by atoms with Gasteiger partial charge in [-0.1, -0.05) is 24.3 Å². The van der Waals surface area contributed by atoms with Crippen LogP contribution in [-0.4, -0.2) is 60.2 Å². The van der Waals surface area contributed by atoms with Crippen LogP contribution >= 0.6 is 0 Å². The van der Waals surface area contributed by atoms with Gasteiger partial charge in [0, 0.05) is 45.0 Å². The molecule has 162 valence electrons. The summed E-state index contributed by atoms with van der Waals surface area (Å²) in [5, 5.41) is 6.55. The molecule has 31 heavy (non-hydrogen) atoms. The molecule has 0 atom stereocenters. The molecule has 0 saturated carbocycles. The first kappa shape index (κ1) is 20.9. The van der Waals surface area contributed by atoms with E-state index >= 15 is 0 Å². The van der Waals surface area contributed by atoms with E-state index in [1.54, 1.807) is 7.11 Å². The molecule has 1 saturated heterocycles. The zero-order valence-corrected chi connectivity index (χ0v) is 18.1. The fourth-order valence-corrected chi connectivity index (χ4v) is 3.50. The third-order valence-electron chi connectivity index (χ3n) is 5.41. The van der Waals surface area contributed by atoms with Gasteiger partial charge in [0.05, 0.1) is 7.11 Å². The maximum atomic E-state index is 5.19. The van der Waals surface area contributed by atoms with Crippen molar-refractivity contribution >= 4 is 17.6 Å². The van der Waals surface area contributed by atoms with Crippen molar-refractivity contribution < 1.29 is 4.74 Å². The molecule has 0 aliphatic carbocycles. The monoisotopic (exact) mass is 419 g/mol. The van der Waals surface area contributed by atoms with Crippen molar-refractivity contribution in [3.05, 3.63) is 66.0 Å². The smallest absolute Gasteiger partial charge is 0.227 e. The second-order valence-electron chi connectivity index (χ2n) is 7.65. The van der Waals surface area contributed by atoms with Crippen LogP contribution in [0.2, 0.25) is 0 Å². The first-order valence-electron chi connectivity index (χ1n) is 10.5. The van der Waals surface area contributed by atoms with Crippen LogP contribution in [0.15, 0.2) is 54.9 Å². The number of hydrogen-bond acceptors (Lipinski definition) is 8. The minimum absolute atomic E-state index is 0.541. The minimum atomic E-state index is 0.541. The molecule has 0 amide bonds. The van der Waals surface area contributed by atoms with Crippen molar-refractivity contribution in [3.63, 3.8) is 0 Å². The molecule has 3 aromatic rings. The van der Waals surface area contributed by atoms with Crippen molar-refractivity contribution in [2.75, 3.05) is 55.9 Å². The Bertz CT molecular complexity index is 972. The van der Waals surface area contributed by atoms with Crippen LogP contribution in [0, 0.1) is 0 Å². The van der Waals surface area contributed by atoms with Gasteiger partial charge in [0.1, 0.15) is 12.1 Å². The normalized spacial score (nSPS) is 14.3. The average molecular weight is 420 g/mol. The summed E-state index contributed by atoms with van der Waals surface area (Å²) in [6.45, 7) is 5.59. The van der Waals surface area contributed by atoms with Crippen LogP contribution in [0.5, 0.6) is 5.75 Å². The lowest BCUT2D eigenvalue weighted by Crippen LogP contribution is -2.44. The lowest BCUT2D eigenvalue weighted by atomic mass is 10.1. The van der Waals surface area contributed by atoms with E-state index in [9.17, 15) is 0 Å². The quantitative estimate of drug-likeness (QED) is 0.577. The van der Waals surface area contributed by atoms with E-state index in [-0.39, 0.29) is 0 Å². The summed E-state index contributed by atoms with van der Waals surface area (Å²) in [5.74, 6) is 1.93. The van der Waals surface area contributed by atoms with Gasteiger partial charge in [0.15, 0.2) is 0 Å². The Hall–Kier alpha value is -3.39. The Morgan fingerprint density at radius 1 is 0.871 bits per heavy atom. The topological polar surface area (TPSA) is 78.4 Å².